The second kappa shape index (κ2) is 4.38. The molecule has 7 heteroatoms. The first-order chi connectivity index (χ1) is 8.05. The van der Waals surface area contributed by atoms with Gasteiger partial charge in [-0.3, -0.25) is 4.98 Å². The number of thiazole rings is 1. The lowest BCUT2D eigenvalue weighted by Gasteiger charge is -2.17. The molecule has 2 aromatic heterocycles. The van der Waals surface area contributed by atoms with Crippen LogP contribution in [0.25, 0.3) is 0 Å². The Morgan fingerprint density at radius 3 is 2.71 bits per heavy atom. The third kappa shape index (κ3) is 2.01. The van der Waals surface area contributed by atoms with Crippen LogP contribution in [0.5, 0.6) is 0 Å². The molecular formula is C10H6ClFN2O2S. The Labute approximate surface area is 105 Å². The van der Waals surface area contributed by atoms with E-state index in [1.807, 2.05) is 0 Å². The first kappa shape index (κ1) is 11.9. The molecule has 0 aliphatic rings. The van der Waals surface area contributed by atoms with Gasteiger partial charge in [0, 0.05) is 11.6 Å². The standard InChI is InChI=1S/C10H6ClFN2O2S/c11-9-14-7(5-17-9)10(12,8(15)16)6-3-1-2-4-13-6/h1-5H,(H,15,16). The highest BCUT2D eigenvalue weighted by Gasteiger charge is 2.46. The number of carboxylic acid groups (broad SMARTS) is 1. The Morgan fingerprint density at radius 2 is 2.24 bits per heavy atom. The summed E-state index contributed by atoms with van der Waals surface area (Å²) in [4.78, 5) is 18.5. The topological polar surface area (TPSA) is 63.1 Å². The Hall–Kier alpha value is -1.53. The normalized spacial score (nSPS) is 14.2. The van der Waals surface area contributed by atoms with E-state index in [2.05, 4.69) is 9.97 Å². The molecule has 0 fully saturated rings. The molecule has 1 atom stereocenters. The highest BCUT2D eigenvalue weighted by molar-refractivity contribution is 7.14. The van der Waals surface area contributed by atoms with Gasteiger partial charge in [0.05, 0.1) is 5.69 Å². The van der Waals surface area contributed by atoms with Crippen molar-refractivity contribution in [3.8, 4) is 0 Å². The molecule has 0 bridgehead atoms. The lowest BCUT2D eigenvalue weighted by Crippen LogP contribution is -2.33. The Balaban J connectivity index is 2.58. The number of carboxylic acids is 1. The van der Waals surface area contributed by atoms with Crippen molar-refractivity contribution >= 4 is 28.9 Å². The predicted octanol–water partition coefficient (Wildman–Crippen LogP) is 2.49. The molecule has 2 rings (SSSR count). The van der Waals surface area contributed by atoms with E-state index < -0.39 is 11.6 Å². The minimum atomic E-state index is -2.77. The molecule has 1 unspecified atom stereocenters. The molecule has 2 aromatic rings. The summed E-state index contributed by atoms with van der Waals surface area (Å²) >= 11 is 6.55. The molecule has 0 aliphatic carbocycles. The van der Waals surface area contributed by atoms with Gasteiger partial charge in [-0.05, 0) is 12.1 Å². The minimum Gasteiger partial charge on any atom is -0.478 e. The van der Waals surface area contributed by atoms with Crippen LogP contribution in [-0.2, 0) is 10.5 Å². The van der Waals surface area contributed by atoms with Gasteiger partial charge in [0.15, 0.2) is 4.47 Å². The van der Waals surface area contributed by atoms with Crippen LogP contribution in [0.1, 0.15) is 11.4 Å². The molecule has 0 aromatic carbocycles. The summed E-state index contributed by atoms with van der Waals surface area (Å²) in [6, 6.07) is 4.37. The summed E-state index contributed by atoms with van der Waals surface area (Å²) in [5, 5.41) is 10.3. The summed E-state index contributed by atoms with van der Waals surface area (Å²) in [6.07, 6.45) is 1.32. The van der Waals surface area contributed by atoms with Gasteiger partial charge in [0.25, 0.3) is 5.67 Å². The maximum atomic E-state index is 14.6. The number of pyridine rings is 1. The van der Waals surface area contributed by atoms with Crippen LogP contribution in [0.3, 0.4) is 0 Å². The first-order valence-electron chi connectivity index (χ1n) is 4.50. The highest BCUT2D eigenvalue weighted by Crippen LogP contribution is 2.34. The maximum Gasteiger partial charge on any atom is 0.354 e. The van der Waals surface area contributed by atoms with E-state index in [1.165, 1.54) is 23.7 Å². The van der Waals surface area contributed by atoms with Gasteiger partial charge in [-0.2, -0.15) is 0 Å². The van der Waals surface area contributed by atoms with Gasteiger partial charge in [-0.25, -0.2) is 14.2 Å². The number of hydrogen-bond acceptors (Lipinski definition) is 4. The van der Waals surface area contributed by atoms with E-state index >= 15 is 0 Å². The zero-order chi connectivity index (χ0) is 12.5. The van der Waals surface area contributed by atoms with Crippen molar-refractivity contribution < 1.29 is 14.3 Å². The molecular weight excluding hydrogens is 267 g/mol. The largest absolute Gasteiger partial charge is 0.478 e. The number of hydrogen-bond donors (Lipinski definition) is 1. The quantitative estimate of drug-likeness (QED) is 0.932. The molecule has 2 heterocycles. The van der Waals surface area contributed by atoms with Crippen LogP contribution in [0.15, 0.2) is 29.8 Å². The van der Waals surface area contributed by atoms with Gasteiger partial charge in [0.2, 0.25) is 0 Å². The van der Waals surface area contributed by atoms with E-state index in [1.54, 1.807) is 6.07 Å². The van der Waals surface area contributed by atoms with E-state index in [0.717, 1.165) is 11.3 Å². The molecule has 4 nitrogen and oxygen atoms in total. The Morgan fingerprint density at radius 1 is 1.47 bits per heavy atom. The number of rotatable bonds is 3. The van der Waals surface area contributed by atoms with Crippen molar-refractivity contribution in [2.45, 2.75) is 5.67 Å². The van der Waals surface area contributed by atoms with E-state index in [9.17, 15) is 9.18 Å². The molecule has 0 saturated carbocycles. The number of aromatic nitrogens is 2. The maximum absolute atomic E-state index is 14.6. The summed E-state index contributed by atoms with van der Waals surface area (Å²) in [5.74, 6) is -1.67. The first-order valence-corrected chi connectivity index (χ1v) is 5.76. The zero-order valence-electron chi connectivity index (χ0n) is 8.30. The Kier molecular flexibility index (Phi) is 3.08. The summed E-state index contributed by atoms with van der Waals surface area (Å²) in [6.45, 7) is 0. The minimum absolute atomic E-state index is 0.0826. The predicted molar refractivity (Wildman–Crippen MR) is 60.9 cm³/mol. The number of aliphatic carboxylic acids is 1. The number of carbonyl (C=O) groups is 1. The van der Waals surface area contributed by atoms with Crippen molar-refractivity contribution in [3.63, 3.8) is 0 Å². The summed E-state index contributed by atoms with van der Waals surface area (Å²) < 4.78 is 14.7. The van der Waals surface area contributed by atoms with Crippen LogP contribution in [-0.4, -0.2) is 21.0 Å². The fourth-order valence-corrected chi connectivity index (χ4v) is 2.13. The fourth-order valence-electron chi connectivity index (χ4n) is 1.33. The summed E-state index contributed by atoms with van der Waals surface area (Å²) in [7, 11) is 0. The van der Waals surface area contributed by atoms with Crippen LogP contribution in [0.2, 0.25) is 4.47 Å². The molecule has 0 amide bonds. The van der Waals surface area contributed by atoms with E-state index in [4.69, 9.17) is 16.7 Å². The SMILES string of the molecule is O=C(O)C(F)(c1ccccn1)c1csc(Cl)n1. The average Bonchev–Trinajstić information content (AvgIpc) is 2.76. The van der Waals surface area contributed by atoms with Gasteiger partial charge >= 0.3 is 5.97 Å². The fraction of sp³-hybridized carbons (Fsp3) is 0.100. The van der Waals surface area contributed by atoms with Crippen molar-refractivity contribution in [1.29, 1.82) is 0 Å². The van der Waals surface area contributed by atoms with E-state index in [-0.39, 0.29) is 15.9 Å². The van der Waals surface area contributed by atoms with Crippen LogP contribution in [0, 0.1) is 0 Å². The van der Waals surface area contributed by atoms with Gasteiger partial charge in [-0.15, -0.1) is 11.3 Å². The molecule has 88 valence electrons. The third-order valence-corrected chi connectivity index (χ3v) is 3.12. The molecule has 1 N–H and O–H groups in total. The zero-order valence-corrected chi connectivity index (χ0v) is 9.87. The van der Waals surface area contributed by atoms with Crippen LogP contribution in [0.4, 0.5) is 4.39 Å². The lowest BCUT2D eigenvalue weighted by atomic mass is 9.98. The van der Waals surface area contributed by atoms with Gasteiger partial charge in [0.1, 0.15) is 5.69 Å². The number of halogens is 2. The average molecular weight is 273 g/mol. The highest BCUT2D eigenvalue weighted by atomic mass is 35.5. The van der Waals surface area contributed by atoms with Gasteiger partial charge in [-0.1, -0.05) is 17.7 Å². The van der Waals surface area contributed by atoms with Crippen molar-refractivity contribution in [3.05, 3.63) is 45.6 Å². The molecule has 0 radical (unpaired) electrons. The van der Waals surface area contributed by atoms with Crippen molar-refractivity contribution in [2.24, 2.45) is 0 Å². The number of nitrogens with zero attached hydrogens (tertiary/aromatic N) is 2. The second-order valence-corrected chi connectivity index (χ2v) is 4.60. The van der Waals surface area contributed by atoms with Crippen molar-refractivity contribution in [1.82, 2.24) is 9.97 Å². The third-order valence-electron chi connectivity index (χ3n) is 2.14. The monoisotopic (exact) mass is 272 g/mol. The molecule has 17 heavy (non-hydrogen) atoms. The van der Waals surface area contributed by atoms with Crippen molar-refractivity contribution in [2.75, 3.05) is 0 Å². The number of alkyl halides is 1. The molecule has 0 aliphatic heterocycles. The smallest absolute Gasteiger partial charge is 0.354 e. The van der Waals surface area contributed by atoms with Gasteiger partial charge < -0.3 is 5.11 Å². The second-order valence-electron chi connectivity index (χ2n) is 3.16. The Bertz CT molecular complexity index is 548. The van der Waals surface area contributed by atoms with E-state index in [0.29, 0.717) is 0 Å². The van der Waals surface area contributed by atoms with Crippen LogP contribution >= 0.6 is 22.9 Å². The lowest BCUT2D eigenvalue weighted by molar-refractivity contribution is -0.149. The molecule has 0 spiro atoms. The molecule has 0 saturated heterocycles. The summed E-state index contributed by atoms with van der Waals surface area (Å²) in [5.41, 5.74) is -3.27. The van der Waals surface area contributed by atoms with Crippen LogP contribution < -0.4 is 0 Å².